The lowest BCUT2D eigenvalue weighted by Crippen LogP contribution is -2.49. The third-order valence-electron chi connectivity index (χ3n) is 8.14. The molecule has 0 aromatic heterocycles. The number of epoxide rings is 1. The number of amides is 2. The number of aliphatic hydroxyl groups excluding tert-OH is 1. The molecule has 10 nitrogen and oxygen atoms in total. The quantitative estimate of drug-likeness (QED) is 0.115. The van der Waals surface area contributed by atoms with E-state index in [4.69, 9.17) is 9.47 Å². The van der Waals surface area contributed by atoms with Crippen LogP contribution in [0.25, 0.3) is 0 Å². The van der Waals surface area contributed by atoms with E-state index in [-0.39, 0.29) is 55.0 Å². The van der Waals surface area contributed by atoms with Crippen molar-refractivity contribution >= 4 is 23.6 Å². The number of ketones is 1. The van der Waals surface area contributed by atoms with Crippen LogP contribution < -0.4 is 10.6 Å². The highest BCUT2D eigenvalue weighted by molar-refractivity contribution is 5.93. The van der Waals surface area contributed by atoms with Crippen LogP contribution in [0, 0.1) is 24.7 Å². The lowest BCUT2D eigenvalue weighted by Gasteiger charge is -2.21. The Morgan fingerprint density at radius 3 is 2.37 bits per heavy atom. The predicted molar refractivity (Wildman–Crippen MR) is 174 cm³/mol. The van der Waals surface area contributed by atoms with Gasteiger partial charge in [0.25, 0.3) is 0 Å². The molecule has 4 N–H and O–H groups in total. The molecule has 0 saturated carbocycles. The molecule has 0 aliphatic carbocycles. The van der Waals surface area contributed by atoms with Crippen molar-refractivity contribution in [2.24, 2.45) is 17.8 Å². The summed E-state index contributed by atoms with van der Waals surface area (Å²) in [4.78, 5) is 50.8. The highest BCUT2D eigenvalue weighted by atomic mass is 16.6. The van der Waals surface area contributed by atoms with E-state index in [2.05, 4.69) is 10.6 Å². The first-order valence-corrected chi connectivity index (χ1v) is 15.9. The minimum absolute atomic E-state index is 0.0545. The number of phenolic OH excluding ortho intramolecular Hbond substituents is 1. The van der Waals surface area contributed by atoms with Gasteiger partial charge in [-0.1, -0.05) is 76.2 Å². The molecule has 250 valence electrons. The minimum atomic E-state index is -0.995. The van der Waals surface area contributed by atoms with E-state index in [0.29, 0.717) is 17.5 Å². The Morgan fingerprint density at radius 2 is 1.74 bits per heavy atom. The first-order chi connectivity index (χ1) is 21.8. The van der Waals surface area contributed by atoms with E-state index in [0.717, 1.165) is 5.56 Å². The van der Waals surface area contributed by atoms with Crippen LogP contribution in [-0.2, 0) is 35.1 Å². The Bertz CT molecular complexity index is 1380. The van der Waals surface area contributed by atoms with Crippen molar-refractivity contribution in [1.82, 2.24) is 10.6 Å². The molecule has 1 aliphatic heterocycles. The van der Waals surface area contributed by atoms with Crippen molar-refractivity contribution < 1.29 is 38.9 Å². The number of carbonyl (C=O) groups is 4. The van der Waals surface area contributed by atoms with E-state index in [1.807, 2.05) is 51.1 Å². The number of aryl methyl sites for hydroxylation is 1. The molecule has 1 aliphatic rings. The fraction of sp³-hybridized carbons (Fsp3) is 0.500. The van der Waals surface area contributed by atoms with Crippen molar-refractivity contribution in [3.05, 3.63) is 77.4 Å². The molecule has 1 unspecified atom stereocenters. The second-order valence-corrected chi connectivity index (χ2v) is 12.7. The zero-order valence-corrected chi connectivity index (χ0v) is 27.6. The Hall–Kier alpha value is -4.02. The maximum absolute atomic E-state index is 13.3. The number of hydrogen-bond acceptors (Lipinski definition) is 8. The van der Waals surface area contributed by atoms with Crippen molar-refractivity contribution in [3.8, 4) is 5.75 Å². The second-order valence-electron chi connectivity index (χ2n) is 12.7. The minimum Gasteiger partial charge on any atom is -0.508 e. The molecule has 0 radical (unpaired) electrons. The standard InChI is InChI=1S/C36H48N2O8/c1-21(2)17-31(25(6)39)45-36(44)23(4)20-37-35(43)28(19-26-15-16-29(40)22(3)18-26)38-32(42)14-10-13-30(41)24(5)33-34(46-33)27-11-8-7-9-12-27/h7-12,14-16,18,21,23-24,28,30-31,33-34,40-41H,13,17,19-20H2,1-6H3,(H,37,43)(H,38,42)/b14-10+/t23-,24+,28-,30+,31+,33?,34-/m1/s1. The van der Waals surface area contributed by atoms with Crippen LogP contribution in [0.15, 0.2) is 60.7 Å². The van der Waals surface area contributed by atoms with E-state index < -0.39 is 42.0 Å². The number of aliphatic hydroxyl groups is 1. The molecule has 2 amide bonds. The first kappa shape index (κ1) is 36.4. The van der Waals surface area contributed by atoms with E-state index >= 15 is 0 Å². The van der Waals surface area contributed by atoms with Gasteiger partial charge in [-0.2, -0.15) is 0 Å². The fourth-order valence-electron chi connectivity index (χ4n) is 5.13. The number of aromatic hydroxyl groups is 1. The van der Waals surface area contributed by atoms with Gasteiger partial charge >= 0.3 is 5.97 Å². The SMILES string of the molecule is CC(=O)[C@H](CC(C)C)OC(=O)[C@H](C)CNC(=O)[C@@H](Cc1ccc(O)c(C)c1)NC(=O)/C=C/C[C@H](O)[C@H](C)C1O[C@@H]1c1ccccc1. The third-order valence-corrected chi connectivity index (χ3v) is 8.14. The summed E-state index contributed by atoms with van der Waals surface area (Å²) in [6.45, 7) is 10.4. The van der Waals surface area contributed by atoms with Crippen LogP contribution in [-0.4, -0.2) is 64.7 Å². The molecule has 46 heavy (non-hydrogen) atoms. The van der Waals surface area contributed by atoms with Crippen molar-refractivity contribution in [2.75, 3.05) is 6.54 Å². The van der Waals surface area contributed by atoms with Gasteiger partial charge in [-0.05, 0) is 61.4 Å². The van der Waals surface area contributed by atoms with Crippen molar-refractivity contribution in [3.63, 3.8) is 0 Å². The maximum Gasteiger partial charge on any atom is 0.311 e. The van der Waals surface area contributed by atoms with Gasteiger partial charge in [-0.25, -0.2) is 0 Å². The lowest BCUT2D eigenvalue weighted by atomic mass is 9.94. The van der Waals surface area contributed by atoms with Gasteiger partial charge in [0.05, 0.1) is 18.1 Å². The van der Waals surface area contributed by atoms with Crippen LogP contribution >= 0.6 is 0 Å². The molecule has 0 spiro atoms. The second kappa shape index (κ2) is 17.1. The molecule has 1 fully saturated rings. The van der Waals surface area contributed by atoms with Crippen LogP contribution in [0.3, 0.4) is 0 Å². The first-order valence-electron chi connectivity index (χ1n) is 15.9. The van der Waals surface area contributed by atoms with E-state index in [1.54, 1.807) is 32.1 Å². The highest BCUT2D eigenvalue weighted by Crippen LogP contribution is 2.44. The van der Waals surface area contributed by atoms with Crippen molar-refractivity contribution in [2.45, 2.75) is 91.3 Å². The van der Waals surface area contributed by atoms with Gasteiger partial charge in [-0.15, -0.1) is 0 Å². The Kier molecular flexibility index (Phi) is 13.5. The summed E-state index contributed by atoms with van der Waals surface area (Å²) in [5, 5.41) is 26.1. The number of Topliss-reactive ketones (excluding diaryl/α,β-unsaturated/α-hetero) is 1. The van der Waals surface area contributed by atoms with Gasteiger partial charge in [0.2, 0.25) is 11.8 Å². The smallest absolute Gasteiger partial charge is 0.311 e. The van der Waals surface area contributed by atoms with E-state index in [1.165, 1.54) is 19.1 Å². The summed E-state index contributed by atoms with van der Waals surface area (Å²) in [6, 6.07) is 13.7. The van der Waals surface area contributed by atoms with Gasteiger partial charge in [0, 0.05) is 18.9 Å². The van der Waals surface area contributed by atoms with Gasteiger partial charge in [-0.3, -0.25) is 19.2 Å². The van der Waals surface area contributed by atoms with Gasteiger partial charge < -0.3 is 30.3 Å². The molecule has 2 aromatic carbocycles. The molecule has 10 heteroatoms. The number of carbonyl (C=O) groups excluding carboxylic acids is 4. The summed E-state index contributed by atoms with van der Waals surface area (Å²) in [7, 11) is 0. The summed E-state index contributed by atoms with van der Waals surface area (Å²) in [6.07, 6.45) is 1.89. The largest absolute Gasteiger partial charge is 0.508 e. The molecule has 7 atom stereocenters. The molecular weight excluding hydrogens is 588 g/mol. The van der Waals surface area contributed by atoms with Crippen LogP contribution in [0.1, 0.15) is 70.3 Å². The number of rotatable bonds is 17. The average molecular weight is 637 g/mol. The fourth-order valence-corrected chi connectivity index (χ4v) is 5.13. The molecule has 1 heterocycles. The number of hydrogen-bond donors (Lipinski definition) is 4. The summed E-state index contributed by atoms with van der Waals surface area (Å²) >= 11 is 0. The van der Waals surface area contributed by atoms with E-state index in [9.17, 15) is 29.4 Å². The highest BCUT2D eigenvalue weighted by Gasteiger charge is 2.45. The van der Waals surface area contributed by atoms with Crippen LogP contribution in [0.2, 0.25) is 0 Å². The Balaban J connectivity index is 1.58. The molecule has 2 aromatic rings. The van der Waals surface area contributed by atoms with Gasteiger partial charge in [0.1, 0.15) is 17.9 Å². The van der Waals surface area contributed by atoms with Crippen molar-refractivity contribution in [1.29, 1.82) is 0 Å². The zero-order valence-electron chi connectivity index (χ0n) is 27.6. The van der Waals surface area contributed by atoms with Crippen LogP contribution in [0.5, 0.6) is 5.75 Å². The number of nitrogens with one attached hydrogen (secondary N) is 2. The zero-order chi connectivity index (χ0) is 34.0. The molecule has 3 rings (SSSR count). The Labute approximate surface area is 271 Å². The topological polar surface area (TPSA) is 155 Å². The molecular formula is C36H48N2O8. The summed E-state index contributed by atoms with van der Waals surface area (Å²) < 4.78 is 11.2. The number of ether oxygens (including phenoxy) is 2. The average Bonchev–Trinajstić information content (AvgIpc) is 3.81. The van der Waals surface area contributed by atoms with Gasteiger partial charge in [0.15, 0.2) is 11.9 Å². The predicted octanol–water partition coefficient (Wildman–Crippen LogP) is 4.11. The molecule has 1 saturated heterocycles. The maximum atomic E-state index is 13.3. The van der Waals surface area contributed by atoms with Crippen LogP contribution in [0.4, 0.5) is 0 Å². The third kappa shape index (κ3) is 11.1. The number of esters is 1. The number of benzene rings is 2. The summed E-state index contributed by atoms with van der Waals surface area (Å²) in [5.74, 6) is -2.48. The monoisotopic (exact) mass is 636 g/mol. The Morgan fingerprint density at radius 1 is 1.04 bits per heavy atom. The lowest BCUT2D eigenvalue weighted by molar-refractivity contribution is -0.159. The normalized spacial score (nSPS) is 19.1. The molecule has 0 bridgehead atoms. The summed E-state index contributed by atoms with van der Waals surface area (Å²) in [5.41, 5.74) is 2.40. The number of phenols is 1.